The Bertz CT molecular complexity index is 542. The van der Waals surface area contributed by atoms with Crippen LogP contribution in [0.1, 0.15) is 19.8 Å². The number of nitrogens with zero attached hydrogens (tertiary/aromatic N) is 3. The van der Waals surface area contributed by atoms with E-state index in [4.69, 9.17) is 0 Å². The van der Waals surface area contributed by atoms with Crippen molar-refractivity contribution in [2.24, 2.45) is 13.0 Å². The molecule has 1 aromatic heterocycles. The average molecular weight is 271 g/mol. The topological polar surface area (TPSA) is 72.3 Å². The van der Waals surface area contributed by atoms with Gasteiger partial charge in [0, 0.05) is 26.1 Å². The minimum absolute atomic E-state index is 0.00277. The first-order valence-corrected chi connectivity index (χ1v) is 7.35. The lowest BCUT2D eigenvalue weighted by Gasteiger charge is -2.29. The quantitative estimate of drug-likeness (QED) is 0.798. The molecular formula is C11H17N3O3S. The van der Waals surface area contributed by atoms with Crippen LogP contribution in [0.3, 0.4) is 0 Å². The summed E-state index contributed by atoms with van der Waals surface area (Å²) in [5.74, 6) is 0.149. The fraction of sp³-hybridized carbons (Fsp3) is 0.636. The molecule has 1 aromatic rings. The van der Waals surface area contributed by atoms with Crippen LogP contribution in [0.15, 0.2) is 17.3 Å². The number of sulfonamides is 1. The van der Waals surface area contributed by atoms with Crippen LogP contribution >= 0.6 is 0 Å². The zero-order valence-electron chi connectivity index (χ0n) is 10.5. The van der Waals surface area contributed by atoms with Gasteiger partial charge in [0.1, 0.15) is 5.78 Å². The summed E-state index contributed by atoms with van der Waals surface area (Å²) in [5, 5.41) is 4.08. The molecule has 0 N–H and O–H groups in total. The molecule has 0 radical (unpaired) electrons. The number of aromatic nitrogens is 2. The molecule has 0 aliphatic carbocycles. The van der Waals surface area contributed by atoms with Crippen LogP contribution in [0.4, 0.5) is 0 Å². The maximum absolute atomic E-state index is 12.3. The summed E-state index contributed by atoms with van der Waals surface area (Å²) in [6.45, 7) is 2.37. The van der Waals surface area contributed by atoms with Crippen LogP contribution in [0, 0.1) is 5.92 Å². The third kappa shape index (κ3) is 2.32. The first kappa shape index (κ1) is 13.2. The number of rotatable bonds is 3. The van der Waals surface area contributed by atoms with E-state index >= 15 is 0 Å². The predicted octanol–water partition coefficient (Wildman–Crippen LogP) is 0.410. The van der Waals surface area contributed by atoms with Gasteiger partial charge in [0.2, 0.25) is 0 Å². The van der Waals surface area contributed by atoms with Crippen LogP contribution in [0.2, 0.25) is 0 Å². The molecule has 0 atom stereocenters. The Morgan fingerprint density at radius 1 is 1.39 bits per heavy atom. The van der Waals surface area contributed by atoms with E-state index in [1.807, 2.05) is 0 Å². The summed E-state index contributed by atoms with van der Waals surface area (Å²) in [7, 11) is -1.87. The largest absolute Gasteiger partial charge is 0.300 e. The van der Waals surface area contributed by atoms with Crippen molar-refractivity contribution in [2.75, 3.05) is 13.1 Å². The van der Waals surface area contributed by atoms with Gasteiger partial charge in [-0.1, -0.05) is 0 Å². The molecule has 1 fully saturated rings. The van der Waals surface area contributed by atoms with Gasteiger partial charge in [-0.05, 0) is 25.8 Å². The number of hydrogen-bond acceptors (Lipinski definition) is 4. The van der Waals surface area contributed by atoms with Crippen LogP contribution < -0.4 is 0 Å². The number of aryl methyl sites for hydroxylation is 1. The second kappa shape index (κ2) is 4.81. The summed E-state index contributed by atoms with van der Waals surface area (Å²) in [6, 6.07) is 1.49. The van der Waals surface area contributed by atoms with E-state index < -0.39 is 10.0 Å². The normalized spacial score (nSPS) is 19.0. The Labute approximate surface area is 107 Å². The van der Waals surface area contributed by atoms with Gasteiger partial charge in [-0.2, -0.15) is 9.40 Å². The Kier molecular flexibility index (Phi) is 3.54. The smallest absolute Gasteiger partial charge is 0.260 e. The lowest BCUT2D eigenvalue weighted by molar-refractivity contribution is -0.121. The standard InChI is InChI=1S/C11H17N3O3S/c1-9(15)10-4-7-14(8-5-10)18(16,17)11-3-6-12-13(11)2/h3,6,10H,4-5,7-8H2,1-2H3. The van der Waals surface area contributed by atoms with E-state index in [1.165, 1.54) is 21.3 Å². The van der Waals surface area contributed by atoms with Crippen molar-refractivity contribution in [3.63, 3.8) is 0 Å². The fourth-order valence-corrected chi connectivity index (χ4v) is 3.82. The van der Waals surface area contributed by atoms with Crippen molar-refractivity contribution in [2.45, 2.75) is 24.8 Å². The summed E-state index contributed by atoms with van der Waals surface area (Å²) in [5.41, 5.74) is 0. The second-order valence-electron chi connectivity index (χ2n) is 4.58. The molecule has 0 bridgehead atoms. The molecule has 100 valence electrons. The van der Waals surface area contributed by atoms with E-state index in [9.17, 15) is 13.2 Å². The van der Waals surface area contributed by atoms with Gasteiger partial charge in [0.05, 0.1) is 6.20 Å². The molecule has 18 heavy (non-hydrogen) atoms. The number of piperidine rings is 1. The zero-order valence-corrected chi connectivity index (χ0v) is 11.4. The van der Waals surface area contributed by atoms with Gasteiger partial charge < -0.3 is 0 Å². The fourth-order valence-electron chi connectivity index (χ4n) is 2.25. The summed E-state index contributed by atoms with van der Waals surface area (Å²) in [4.78, 5) is 11.3. The van der Waals surface area contributed by atoms with E-state index in [0.29, 0.717) is 25.9 Å². The first-order chi connectivity index (χ1) is 8.43. The number of Topliss-reactive ketones (excluding diaryl/α,β-unsaturated/α-hetero) is 1. The molecular weight excluding hydrogens is 254 g/mol. The molecule has 1 saturated heterocycles. The molecule has 0 amide bonds. The van der Waals surface area contributed by atoms with E-state index in [2.05, 4.69) is 5.10 Å². The third-order valence-corrected chi connectivity index (χ3v) is 5.38. The minimum atomic E-state index is -3.48. The van der Waals surface area contributed by atoms with Crippen molar-refractivity contribution < 1.29 is 13.2 Å². The molecule has 0 unspecified atom stereocenters. The highest BCUT2D eigenvalue weighted by molar-refractivity contribution is 7.89. The highest BCUT2D eigenvalue weighted by Crippen LogP contribution is 2.23. The van der Waals surface area contributed by atoms with Crippen LogP contribution in [0.5, 0.6) is 0 Å². The first-order valence-electron chi connectivity index (χ1n) is 5.91. The van der Waals surface area contributed by atoms with Crippen LogP contribution in [0.25, 0.3) is 0 Å². The number of ketones is 1. The van der Waals surface area contributed by atoms with Gasteiger partial charge in [-0.3, -0.25) is 9.48 Å². The van der Waals surface area contributed by atoms with Gasteiger partial charge in [-0.15, -0.1) is 0 Å². The number of hydrogen-bond donors (Lipinski definition) is 0. The lowest BCUT2D eigenvalue weighted by atomic mass is 9.95. The molecule has 7 heteroatoms. The molecule has 2 rings (SSSR count). The molecule has 1 aliphatic rings. The molecule has 1 aliphatic heterocycles. The Morgan fingerprint density at radius 2 is 2.00 bits per heavy atom. The average Bonchev–Trinajstić information content (AvgIpc) is 2.76. The van der Waals surface area contributed by atoms with Gasteiger partial charge >= 0.3 is 0 Å². The van der Waals surface area contributed by atoms with Gasteiger partial charge in [0.15, 0.2) is 5.03 Å². The van der Waals surface area contributed by atoms with Gasteiger partial charge in [-0.25, -0.2) is 8.42 Å². The summed E-state index contributed by atoms with van der Waals surface area (Å²) >= 11 is 0. The Hall–Kier alpha value is -1.21. The summed E-state index contributed by atoms with van der Waals surface area (Å²) in [6.07, 6.45) is 2.67. The van der Waals surface area contributed by atoms with Gasteiger partial charge in [0.25, 0.3) is 10.0 Å². The molecule has 0 saturated carbocycles. The van der Waals surface area contributed by atoms with E-state index in [1.54, 1.807) is 14.0 Å². The maximum atomic E-state index is 12.3. The van der Waals surface area contributed by atoms with E-state index in [0.717, 1.165) is 0 Å². The molecule has 2 heterocycles. The molecule has 0 spiro atoms. The minimum Gasteiger partial charge on any atom is -0.300 e. The highest BCUT2D eigenvalue weighted by Gasteiger charge is 2.32. The lowest BCUT2D eigenvalue weighted by Crippen LogP contribution is -2.40. The van der Waals surface area contributed by atoms with Crippen molar-refractivity contribution in [1.82, 2.24) is 14.1 Å². The van der Waals surface area contributed by atoms with Crippen LogP contribution in [-0.2, 0) is 21.9 Å². The van der Waals surface area contributed by atoms with Crippen molar-refractivity contribution in [3.8, 4) is 0 Å². The van der Waals surface area contributed by atoms with Crippen molar-refractivity contribution >= 4 is 15.8 Å². The summed E-state index contributed by atoms with van der Waals surface area (Å²) < 4.78 is 27.4. The maximum Gasteiger partial charge on any atom is 0.260 e. The Morgan fingerprint density at radius 3 is 2.44 bits per heavy atom. The Balaban J connectivity index is 2.15. The van der Waals surface area contributed by atoms with Crippen molar-refractivity contribution in [3.05, 3.63) is 12.3 Å². The molecule has 6 nitrogen and oxygen atoms in total. The second-order valence-corrected chi connectivity index (χ2v) is 6.47. The zero-order chi connectivity index (χ0) is 13.3. The predicted molar refractivity (Wildman–Crippen MR) is 65.4 cm³/mol. The monoisotopic (exact) mass is 271 g/mol. The van der Waals surface area contributed by atoms with E-state index in [-0.39, 0.29) is 16.7 Å². The van der Waals surface area contributed by atoms with Crippen LogP contribution in [-0.4, -0.2) is 41.4 Å². The number of carbonyl (C=O) groups excluding carboxylic acids is 1. The van der Waals surface area contributed by atoms with Crippen molar-refractivity contribution in [1.29, 1.82) is 0 Å². The number of carbonyl (C=O) groups is 1. The highest BCUT2D eigenvalue weighted by atomic mass is 32.2. The third-order valence-electron chi connectivity index (χ3n) is 3.41. The molecule has 0 aromatic carbocycles. The SMILES string of the molecule is CC(=O)C1CCN(S(=O)(=O)c2ccnn2C)CC1.